The molecule has 0 saturated carbocycles. The Kier molecular flexibility index (Phi) is 8.91. The Morgan fingerprint density at radius 3 is 2.65 bits per heavy atom. The maximum absolute atomic E-state index is 12.6. The van der Waals surface area contributed by atoms with Crippen molar-refractivity contribution in [1.29, 1.82) is 0 Å². The Morgan fingerprint density at radius 2 is 1.94 bits per heavy atom. The molecule has 8 nitrogen and oxygen atoms in total. The van der Waals surface area contributed by atoms with E-state index in [1.807, 2.05) is 24.3 Å². The second kappa shape index (κ2) is 11.2. The van der Waals surface area contributed by atoms with Gasteiger partial charge in [0.15, 0.2) is 5.65 Å². The lowest BCUT2D eigenvalue weighted by Crippen LogP contribution is -2.42. The normalized spacial score (nSPS) is 13.7. The van der Waals surface area contributed by atoms with Crippen molar-refractivity contribution in [3.63, 3.8) is 0 Å². The van der Waals surface area contributed by atoms with Crippen molar-refractivity contribution in [2.75, 3.05) is 27.3 Å². The lowest BCUT2D eigenvalue weighted by atomic mass is 10.1. The summed E-state index contributed by atoms with van der Waals surface area (Å²) in [6.07, 6.45) is 5.24. The van der Waals surface area contributed by atoms with E-state index < -0.39 is 0 Å². The van der Waals surface area contributed by atoms with Crippen LogP contribution < -0.4 is 20.1 Å². The first kappa shape index (κ1) is 24.7. The molecule has 1 aromatic carbocycles. The first-order valence-electron chi connectivity index (χ1n) is 9.72. The van der Waals surface area contributed by atoms with Gasteiger partial charge in [-0.05, 0) is 44.1 Å². The maximum atomic E-state index is 12.6. The van der Waals surface area contributed by atoms with Crippen molar-refractivity contribution in [3.8, 4) is 11.5 Å². The van der Waals surface area contributed by atoms with Crippen LogP contribution in [-0.2, 0) is 6.54 Å². The summed E-state index contributed by atoms with van der Waals surface area (Å²) >= 11 is 0. The molecular formula is C21H27Cl2N5O3. The number of fused-ring (bicyclic) bond motifs is 1. The molecule has 1 amide bonds. The second-order valence-corrected chi connectivity index (χ2v) is 7.11. The molecule has 31 heavy (non-hydrogen) atoms. The fourth-order valence-corrected chi connectivity index (χ4v) is 3.59. The quantitative estimate of drug-likeness (QED) is 0.579. The first-order chi connectivity index (χ1) is 14.2. The number of halogens is 2. The zero-order chi connectivity index (χ0) is 20.2. The number of aromatic nitrogens is 3. The van der Waals surface area contributed by atoms with Crippen molar-refractivity contribution in [2.45, 2.75) is 25.4 Å². The number of nitrogens with one attached hydrogen (secondary N) is 2. The molecule has 10 heteroatoms. The van der Waals surface area contributed by atoms with Gasteiger partial charge in [-0.3, -0.25) is 4.79 Å². The van der Waals surface area contributed by atoms with Crippen LogP contribution in [-0.4, -0.2) is 54.0 Å². The zero-order valence-corrected chi connectivity index (χ0v) is 19.1. The van der Waals surface area contributed by atoms with Crippen LogP contribution in [0, 0.1) is 0 Å². The van der Waals surface area contributed by atoms with Gasteiger partial charge in [-0.25, -0.2) is 9.67 Å². The summed E-state index contributed by atoms with van der Waals surface area (Å²) in [6.45, 7) is 2.37. The third-order valence-corrected chi connectivity index (χ3v) is 5.23. The van der Waals surface area contributed by atoms with Crippen LogP contribution >= 0.6 is 24.8 Å². The summed E-state index contributed by atoms with van der Waals surface area (Å²) < 4.78 is 12.5. The average Bonchev–Trinajstić information content (AvgIpc) is 3.16. The Labute approximate surface area is 193 Å². The number of ether oxygens (including phenoxy) is 2. The summed E-state index contributed by atoms with van der Waals surface area (Å²) in [5.74, 6) is 1.38. The summed E-state index contributed by atoms with van der Waals surface area (Å²) in [7, 11) is 3.25. The fraction of sp³-hybridized carbons (Fsp3) is 0.381. The molecule has 0 aliphatic carbocycles. The molecule has 3 aromatic rings. The molecule has 1 aliphatic heterocycles. The number of nitrogens with zero attached hydrogens (tertiary/aromatic N) is 3. The van der Waals surface area contributed by atoms with Gasteiger partial charge in [0.2, 0.25) is 0 Å². The van der Waals surface area contributed by atoms with E-state index in [9.17, 15) is 4.79 Å². The highest BCUT2D eigenvalue weighted by molar-refractivity contribution is 5.97. The van der Waals surface area contributed by atoms with Gasteiger partial charge in [-0.2, -0.15) is 5.10 Å². The molecular weight excluding hydrogens is 441 g/mol. The molecule has 4 rings (SSSR count). The SMILES string of the molecule is COc1ccc(Cn2ncc3cc(C(=O)NC4CCNCC4)cnc32)c(OC)c1.Cl.Cl. The van der Waals surface area contributed by atoms with Crippen LogP contribution in [0.1, 0.15) is 28.8 Å². The standard InChI is InChI=1S/C21H25N5O3.2ClH/c1-28-18-4-3-14(19(10-18)29-2)13-26-20-15(12-24-26)9-16(11-23-20)21(27)25-17-5-7-22-8-6-17;;/h3-4,9-12,17,22H,5-8,13H2,1-2H3,(H,25,27);2*1H. The Morgan fingerprint density at radius 1 is 1.16 bits per heavy atom. The summed E-state index contributed by atoms with van der Waals surface area (Å²) in [6, 6.07) is 7.74. The number of amides is 1. The van der Waals surface area contributed by atoms with E-state index in [-0.39, 0.29) is 36.8 Å². The molecule has 1 aliphatic rings. The third kappa shape index (κ3) is 5.58. The van der Waals surface area contributed by atoms with Gasteiger partial charge in [-0.1, -0.05) is 0 Å². The molecule has 0 spiro atoms. The van der Waals surface area contributed by atoms with Gasteiger partial charge in [0.25, 0.3) is 5.91 Å². The van der Waals surface area contributed by atoms with Crippen LogP contribution in [0.4, 0.5) is 0 Å². The van der Waals surface area contributed by atoms with Crippen molar-refractivity contribution >= 4 is 41.8 Å². The van der Waals surface area contributed by atoms with Crippen LogP contribution in [0.15, 0.2) is 36.7 Å². The second-order valence-electron chi connectivity index (χ2n) is 7.11. The van der Waals surface area contributed by atoms with Crippen LogP contribution in [0.5, 0.6) is 11.5 Å². The highest BCUT2D eigenvalue weighted by Gasteiger charge is 2.18. The minimum absolute atomic E-state index is 0. The summed E-state index contributed by atoms with van der Waals surface area (Å²) in [4.78, 5) is 17.1. The molecule has 0 bridgehead atoms. The number of benzene rings is 1. The fourth-order valence-electron chi connectivity index (χ4n) is 3.59. The van der Waals surface area contributed by atoms with Crippen molar-refractivity contribution in [2.24, 2.45) is 0 Å². The van der Waals surface area contributed by atoms with E-state index in [0.717, 1.165) is 54.0 Å². The lowest BCUT2D eigenvalue weighted by Gasteiger charge is -2.23. The Hall–Kier alpha value is -2.55. The van der Waals surface area contributed by atoms with Crippen molar-refractivity contribution < 1.29 is 14.3 Å². The van der Waals surface area contributed by atoms with Crippen LogP contribution in [0.3, 0.4) is 0 Å². The maximum Gasteiger partial charge on any atom is 0.253 e. The zero-order valence-electron chi connectivity index (χ0n) is 17.5. The number of methoxy groups -OCH3 is 2. The third-order valence-electron chi connectivity index (χ3n) is 5.23. The van der Waals surface area contributed by atoms with Crippen LogP contribution in [0.25, 0.3) is 11.0 Å². The Bertz CT molecular complexity index is 1020. The first-order valence-corrected chi connectivity index (χ1v) is 9.72. The van der Waals surface area contributed by atoms with E-state index in [1.165, 1.54) is 0 Å². The average molecular weight is 468 g/mol. The lowest BCUT2D eigenvalue weighted by molar-refractivity contribution is 0.0929. The summed E-state index contributed by atoms with van der Waals surface area (Å²) in [5.41, 5.74) is 2.24. The number of pyridine rings is 1. The molecule has 0 atom stereocenters. The minimum atomic E-state index is -0.0872. The van der Waals surface area contributed by atoms with Gasteiger partial charge in [-0.15, -0.1) is 24.8 Å². The monoisotopic (exact) mass is 467 g/mol. The molecule has 1 fully saturated rings. The van der Waals surface area contributed by atoms with E-state index in [2.05, 4.69) is 20.7 Å². The van der Waals surface area contributed by atoms with E-state index in [1.54, 1.807) is 31.3 Å². The number of piperidine rings is 1. The minimum Gasteiger partial charge on any atom is -0.497 e. The topological polar surface area (TPSA) is 90.3 Å². The largest absolute Gasteiger partial charge is 0.497 e. The summed E-state index contributed by atoms with van der Waals surface area (Å²) in [5, 5.41) is 11.7. The molecule has 0 unspecified atom stereocenters. The molecule has 0 radical (unpaired) electrons. The predicted octanol–water partition coefficient (Wildman–Crippen LogP) is 2.82. The van der Waals surface area contributed by atoms with E-state index in [4.69, 9.17) is 9.47 Å². The molecule has 168 valence electrons. The van der Waals surface area contributed by atoms with Crippen LogP contribution in [0.2, 0.25) is 0 Å². The van der Waals surface area contributed by atoms with E-state index >= 15 is 0 Å². The van der Waals surface area contributed by atoms with Gasteiger partial charge in [0.1, 0.15) is 11.5 Å². The van der Waals surface area contributed by atoms with Gasteiger partial charge in [0.05, 0.1) is 32.5 Å². The van der Waals surface area contributed by atoms with Crippen molar-refractivity contribution in [3.05, 3.63) is 47.8 Å². The number of rotatable bonds is 6. The predicted molar refractivity (Wildman–Crippen MR) is 124 cm³/mol. The molecule has 2 N–H and O–H groups in total. The Balaban J connectivity index is 0.00000171. The number of hydrogen-bond donors (Lipinski definition) is 2. The molecule has 3 heterocycles. The highest BCUT2D eigenvalue weighted by Crippen LogP contribution is 2.26. The van der Waals surface area contributed by atoms with Gasteiger partial charge in [0, 0.05) is 29.3 Å². The van der Waals surface area contributed by atoms with Gasteiger partial charge >= 0.3 is 0 Å². The molecule has 1 saturated heterocycles. The molecule has 2 aromatic heterocycles. The van der Waals surface area contributed by atoms with E-state index in [0.29, 0.717) is 12.1 Å². The number of carbonyl (C=O) groups is 1. The number of hydrogen-bond acceptors (Lipinski definition) is 6. The van der Waals surface area contributed by atoms with Crippen molar-refractivity contribution in [1.82, 2.24) is 25.4 Å². The highest BCUT2D eigenvalue weighted by atomic mass is 35.5. The smallest absolute Gasteiger partial charge is 0.253 e. The number of carbonyl (C=O) groups excluding carboxylic acids is 1. The van der Waals surface area contributed by atoms with Gasteiger partial charge < -0.3 is 20.1 Å².